The Kier molecular flexibility index (Phi) is 5.32. The van der Waals surface area contributed by atoms with Crippen LogP contribution in [0.5, 0.6) is 0 Å². The molecule has 136 valence electrons. The molecule has 1 saturated heterocycles. The molecule has 1 aliphatic rings. The lowest BCUT2D eigenvalue weighted by atomic mass is 10.2. The third-order valence-electron chi connectivity index (χ3n) is 5.39. The van der Waals surface area contributed by atoms with Gasteiger partial charge in [0.1, 0.15) is 5.82 Å². The SMILES string of the molecule is CN1CCN(CCCc2nc3ccccc3n2Cc2ccccc2)CC1. The fourth-order valence-electron chi connectivity index (χ4n) is 3.79. The van der Waals surface area contributed by atoms with Crippen LogP contribution in [-0.4, -0.2) is 59.1 Å². The van der Waals surface area contributed by atoms with Gasteiger partial charge in [0.15, 0.2) is 0 Å². The molecule has 0 atom stereocenters. The van der Waals surface area contributed by atoms with E-state index in [0.29, 0.717) is 0 Å². The van der Waals surface area contributed by atoms with E-state index >= 15 is 0 Å². The van der Waals surface area contributed by atoms with Crippen LogP contribution in [0.15, 0.2) is 54.6 Å². The quantitative estimate of drug-likeness (QED) is 0.683. The van der Waals surface area contributed by atoms with Gasteiger partial charge < -0.3 is 14.4 Å². The van der Waals surface area contributed by atoms with Crippen LogP contribution >= 0.6 is 0 Å². The van der Waals surface area contributed by atoms with Crippen LogP contribution in [0.1, 0.15) is 17.8 Å². The fourth-order valence-corrected chi connectivity index (χ4v) is 3.79. The highest BCUT2D eigenvalue weighted by molar-refractivity contribution is 5.76. The average molecular weight is 348 g/mol. The maximum absolute atomic E-state index is 4.94. The normalized spacial score (nSPS) is 16.3. The Labute approximate surface area is 156 Å². The zero-order valence-corrected chi connectivity index (χ0v) is 15.6. The minimum absolute atomic E-state index is 0.894. The molecule has 4 rings (SSSR count). The number of hydrogen-bond acceptors (Lipinski definition) is 3. The van der Waals surface area contributed by atoms with Crippen LogP contribution in [0.25, 0.3) is 11.0 Å². The second-order valence-electron chi connectivity index (χ2n) is 7.34. The third kappa shape index (κ3) is 3.97. The van der Waals surface area contributed by atoms with E-state index < -0.39 is 0 Å². The van der Waals surface area contributed by atoms with Crippen molar-refractivity contribution >= 4 is 11.0 Å². The first kappa shape index (κ1) is 17.3. The number of imidazole rings is 1. The first-order valence-electron chi connectivity index (χ1n) is 9.68. The van der Waals surface area contributed by atoms with Gasteiger partial charge in [0.2, 0.25) is 0 Å². The van der Waals surface area contributed by atoms with Crippen molar-refractivity contribution in [2.45, 2.75) is 19.4 Å². The zero-order chi connectivity index (χ0) is 17.8. The number of aryl methyl sites for hydroxylation is 1. The molecule has 3 aromatic rings. The smallest absolute Gasteiger partial charge is 0.110 e. The first-order valence-corrected chi connectivity index (χ1v) is 9.68. The molecular weight excluding hydrogens is 320 g/mol. The van der Waals surface area contributed by atoms with Gasteiger partial charge in [0.05, 0.1) is 11.0 Å². The van der Waals surface area contributed by atoms with Crippen molar-refractivity contribution in [2.24, 2.45) is 0 Å². The van der Waals surface area contributed by atoms with Gasteiger partial charge in [0, 0.05) is 39.1 Å². The molecule has 0 spiro atoms. The van der Waals surface area contributed by atoms with Crippen molar-refractivity contribution in [2.75, 3.05) is 39.8 Å². The Morgan fingerprint density at radius 3 is 2.42 bits per heavy atom. The van der Waals surface area contributed by atoms with E-state index in [9.17, 15) is 0 Å². The number of para-hydroxylation sites is 2. The van der Waals surface area contributed by atoms with Crippen LogP contribution in [-0.2, 0) is 13.0 Å². The van der Waals surface area contributed by atoms with Crippen LogP contribution in [0.2, 0.25) is 0 Å². The van der Waals surface area contributed by atoms with Crippen molar-refractivity contribution in [3.05, 3.63) is 66.0 Å². The number of hydrogen-bond donors (Lipinski definition) is 0. The number of aromatic nitrogens is 2. The average Bonchev–Trinajstić information content (AvgIpc) is 3.02. The predicted octanol–water partition coefficient (Wildman–Crippen LogP) is 3.26. The number of rotatable bonds is 6. The maximum atomic E-state index is 4.94. The minimum Gasteiger partial charge on any atom is -0.323 e. The largest absolute Gasteiger partial charge is 0.323 e. The second kappa shape index (κ2) is 8.02. The molecule has 0 saturated carbocycles. The van der Waals surface area contributed by atoms with E-state index in [0.717, 1.165) is 18.5 Å². The summed E-state index contributed by atoms with van der Waals surface area (Å²) in [4.78, 5) is 9.94. The molecule has 0 unspecified atom stereocenters. The van der Waals surface area contributed by atoms with E-state index in [-0.39, 0.29) is 0 Å². The van der Waals surface area contributed by atoms with Crippen molar-refractivity contribution in [3.63, 3.8) is 0 Å². The summed E-state index contributed by atoms with van der Waals surface area (Å²) in [6.07, 6.45) is 2.20. The molecule has 0 radical (unpaired) electrons. The number of piperazine rings is 1. The lowest BCUT2D eigenvalue weighted by molar-refractivity contribution is 0.152. The van der Waals surface area contributed by atoms with Gasteiger partial charge in [-0.25, -0.2) is 4.98 Å². The molecule has 0 N–H and O–H groups in total. The Morgan fingerprint density at radius 2 is 1.62 bits per heavy atom. The van der Waals surface area contributed by atoms with Crippen molar-refractivity contribution in [1.82, 2.24) is 19.4 Å². The maximum Gasteiger partial charge on any atom is 0.110 e. The van der Waals surface area contributed by atoms with Crippen LogP contribution in [0.3, 0.4) is 0 Å². The first-order chi connectivity index (χ1) is 12.8. The molecule has 4 nitrogen and oxygen atoms in total. The summed E-state index contributed by atoms with van der Waals surface area (Å²) < 4.78 is 2.40. The lowest BCUT2D eigenvalue weighted by Crippen LogP contribution is -2.44. The zero-order valence-electron chi connectivity index (χ0n) is 15.6. The highest BCUT2D eigenvalue weighted by Crippen LogP contribution is 2.19. The lowest BCUT2D eigenvalue weighted by Gasteiger charge is -2.32. The van der Waals surface area contributed by atoms with E-state index in [1.54, 1.807) is 0 Å². The summed E-state index contributed by atoms with van der Waals surface area (Å²) >= 11 is 0. The molecule has 2 heterocycles. The van der Waals surface area contributed by atoms with Crippen molar-refractivity contribution in [3.8, 4) is 0 Å². The molecule has 2 aromatic carbocycles. The monoisotopic (exact) mass is 348 g/mol. The van der Waals surface area contributed by atoms with Gasteiger partial charge in [-0.1, -0.05) is 42.5 Å². The van der Waals surface area contributed by atoms with Gasteiger partial charge in [-0.05, 0) is 37.7 Å². The number of benzene rings is 2. The van der Waals surface area contributed by atoms with E-state index in [1.807, 2.05) is 0 Å². The molecule has 0 bridgehead atoms. The summed E-state index contributed by atoms with van der Waals surface area (Å²) in [5.41, 5.74) is 3.68. The molecule has 1 fully saturated rings. The second-order valence-corrected chi connectivity index (χ2v) is 7.34. The third-order valence-corrected chi connectivity index (χ3v) is 5.39. The Balaban J connectivity index is 1.48. The van der Waals surface area contributed by atoms with E-state index in [2.05, 4.69) is 76.0 Å². The van der Waals surface area contributed by atoms with Crippen molar-refractivity contribution < 1.29 is 0 Å². The Bertz CT molecular complexity index is 832. The van der Waals surface area contributed by atoms with Crippen molar-refractivity contribution in [1.29, 1.82) is 0 Å². The number of fused-ring (bicyclic) bond motifs is 1. The van der Waals surface area contributed by atoms with Gasteiger partial charge in [-0.2, -0.15) is 0 Å². The molecule has 0 aliphatic carbocycles. The number of likely N-dealkylation sites (N-methyl/N-ethyl adjacent to an activating group) is 1. The minimum atomic E-state index is 0.894. The highest BCUT2D eigenvalue weighted by Gasteiger charge is 2.15. The van der Waals surface area contributed by atoms with E-state index in [4.69, 9.17) is 4.98 Å². The Hall–Kier alpha value is -2.17. The van der Waals surface area contributed by atoms with Crippen LogP contribution < -0.4 is 0 Å². The topological polar surface area (TPSA) is 24.3 Å². The predicted molar refractivity (Wildman–Crippen MR) is 108 cm³/mol. The van der Waals surface area contributed by atoms with Gasteiger partial charge >= 0.3 is 0 Å². The summed E-state index contributed by atoms with van der Waals surface area (Å²) in [6, 6.07) is 19.2. The Morgan fingerprint density at radius 1 is 0.885 bits per heavy atom. The molecule has 26 heavy (non-hydrogen) atoms. The molecule has 0 amide bonds. The number of nitrogens with zero attached hydrogens (tertiary/aromatic N) is 4. The van der Waals surface area contributed by atoms with Gasteiger partial charge in [0.25, 0.3) is 0 Å². The van der Waals surface area contributed by atoms with Crippen LogP contribution in [0, 0.1) is 0 Å². The highest BCUT2D eigenvalue weighted by atomic mass is 15.2. The van der Waals surface area contributed by atoms with Gasteiger partial charge in [-0.15, -0.1) is 0 Å². The van der Waals surface area contributed by atoms with Crippen LogP contribution in [0.4, 0.5) is 0 Å². The molecule has 1 aliphatic heterocycles. The standard InChI is InChI=1S/C22H28N4/c1-24-14-16-25(17-15-24)13-7-12-22-23-20-10-5-6-11-21(20)26(22)18-19-8-3-2-4-9-19/h2-6,8-11H,7,12-18H2,1H3. The summed E-state index contributed by atoms with van der Waals surface area (Å²) in [6.45, 7) is 6.82. The fraction of sp³-hybridized carbons (Fsp3) is 0.409. The summed E-state index contributed by atoms with van der Waals surface area (Å²) in [5.74, 6) is 1.21. The molecule has 4 heteroatoms. The summed E-state index contributed by atoms with van der Waals surface area (Å²) in [7, 11) is 2.21. The molecular formula is C22H28N4. The molecule has 1 aromatic heterocycles. The van der Waals surface area contributed by atoms with E-state index in [1.165, 1.54) is 56.0 Å². The summed E-state index contributed by atoms with van der Waals surface area (Å²) in [5, 5.41) is 0. The van der Waals surface area contributed by atoms with Gasteiger partial charge in [-0.3, -0.25) is 0 Å².